The number of carbonyl (C=O) groups excluding carboxylic acids is 1. The molecule has 1 saturated carbocycles. The van der Waals surface area contributed by atoms with Gasteiger partial charge in [0.1, 0.15) is 6.26 Å². The second kappa shape index (κ2) is 7.18. The van der Waals surface area contributed by atoms with Crippen molar-refractivity contribution in [2.75, 3.05) is 6.26 Å². The smallest absolute Gasteiger partial charge is 0.198 e. The van der Waals surface area contributed by atoms with Gasteiger partial charge in [-0.3, -0.25) is 4.79 Å². The summed E-state index contributed by atoms with van der Waals surface area (Å²) in [4.78, 5) is 13.3. The van der Waals surface area contributed by atoms with Crippen LogP contribution in [0.25, 0.3) is 0 Å². The van der Waals surface area contributed by atoms with E-state index in [-0.39, 0.29) is 16.6 Å². The molecule has 1 aliphatic rings. The summed E-state index contributed by atoms with van der Waals surface area (Å²) in [6, 6.07) is 12.0. The van der Waals surface area contributed by atoms with Gasteiger partial charge in [0.15, 0.2) is 15.6 Å². The van der Waals surface area contributed by atoms with Crippen molar-refractivity contribution in [3.05, 3.63) is 81.7 Å². The van der Waals surface area contributed by atoms with E-state index in [0.717, 1.165) is 24.7 Å². The number of hydrogen-bond donors (Lipinski definition) is 0. The lowest BCUT2D eigenvalue weighted by Crippen LogP contribution is -2.09. The van der Waals surface area contributed by atoms with Crippen LogP contribution in [0.4, 0.5) is 0 Å². The van der Waals surface area contributed by atoms with Crippen LogP contribution >= 0.6 is 11.6 Å². The average molecular weight is 416 g/mol. The Bertz CT molecular complexity index is 1160. The largest absolute Gasteiger partial charge is 0.364 e. The molecule has 28 heavy (non-hydrogen) atoms. The molecule has 4 rings (SSSR count). The van der Waals surface area contributed by atoms with E-state index in [4.69, 9.17) is 16.1 Å². The third kappa shape index (κ3) is 3.75. The van der Waals surface area contributed by atoms with Crippen LogP contribution in [0.2, 0.25) is 5.02 Å². The molecule has 1 fully saturated rings. The number of ketones is 1. The van der Waals surface area contributed by atoms with Crippen molar-refractivity contribution < 1.29 is 17.7 Å². The second-order valence-electron chi connectivity index (χ2n) is 7.07. The predicted molar refractivity (Wildman–Crippen MR) is 106 cm³/mol. The standard InChI is InChI=1S/C21H18ClNO4S/c1-28(25,26)19-11-16(22)9-8-15(19)10-14-4-2-3-5-17(14)21(24)18-12-27-23-20(18)13-6-7-13/h2-5,8-9,11-13H,6-7,10H2,1H3. The van der Waals surface area contributed by atoms with Crippen LogP contribution in [0, 0.1) is 0 Å². The van der Waals surface area contributed by atoms with E-state index in [1.807, 2.05) is 12.1 Å². The number of carbonyl (C=O) groups is 1. The van der Waals surface area contributed by atoms with Crippen molar-refractivity contribution in [3.63, 3.8) is 0 Å². The molecule has 3 aromatic rings. The molecule has 1 aliphatic carbocycles. The lowest BCUT2D eigenvalue weighted by Gasteiger charge is -2.12. The van der Waals surface area contributed by atoms with E-state index in [9.17, 15) is 13.2 Å². The van der Waals surface area contributed by atoms with Crippen molar-refractivity contribution in [1.82, 2.24) is 5.16 Å². The van der Waals surface area contributed by atoms with Crippen LogP contribution in [0.3, 0.4) is 0 Å². The molecule has 0 aliphatic heterocycles. The van der Waals surface area contributed by atoms with Gasteiger partial charge in [-0.15, -0.1) is 0 Å². The fraction of sp³-hybridized carbons (Fsp3) is 0.238. The predicted octanol–water partition coefficient (Wildman–Crippen LogP) is 4.43. The minimum atomic E-state index is -3.46. The molecular weight excluding hydrogens is 398 g/mol. The van der Waals surface area contributed by atoms with Gasteiger partial charge in [0, 0.05) is 22.8 Å². The highest BCUT2D eigenvalue weighted by molar-refractivity contribution is 7.90. The van der Waals surface area contributed by atoms with E-state index in [1.165, 1.54) is 12.3 Å². The number of sulfone groups is 1. The molecule has 1 heterocycles. The lowest BCUT2D eigenvalue weighted by atomic mass is 9.94. The molecule has 144 valence electrons. The van der Waals surface area contributed by atoms with Gasteiger partial charge in [-0.05, 0) is 42.5 Å². The van der Waals surface area contributed by atoms with Crippen molar-refractivity contribution in [2.45, 2.75) is 30.1 Å². The summed E-state index contributed by atoms with van der Waals surface area (Å²) in [6.07, 6.45) is 4.87. The van der Waals surface area contributed by atoms with E-state index >= 15 is 0 Å². The number of nitrogens with zero attached hydrogens (tertiary/aromatic N) is 1. The van der Waals surface area contributed by atoms with Crippen molar-refractivity contribution >= 4 is 27.2 Å². The van der Waals surface area contributed by atoms with Crippen molar-refractivity contribution in [2.24, 2.45) is 0 Å². The van der Waals surface area contributed by atoms with Crippen molar-refractivity contribution in [1.29, 1.82) is 0 Å². The average Bonchev–Trinajstić information content (AvgIpc) is 3.39. The summed E-state index contributed by atoms with van der Waals surface area (Å²) < 4.78 is 29.4. The maximum Gasteiger partial charge on any atom is 0.198 e. The minimum Gasteiger partial charge on any atom is -0.364 e. The number of benzene rings is 2. The Kier molecular flexibility index (Phi) is 4.85. The molecule has 0 unspecified atom stereocenters. The molecule has 7 heteroatoms. The Hall–Kier alpha value is -2.44. The Morgan fingerprint density at radius 1 is 1.14 bits per heavy atom. The number of hydrogen-bond acceptors (Lipinski definition) is 5. The highest BCUT2D eigenvalue weighted by Crippen LogP contribution is 2.41. The molecule has 0 amide bonds. The van der Waals surface area contributed by atoms with E-state index < -0.39 is 9.84 Å². The van der Waals surface area contributed by atoms with E-state index in [2.05, 4.69) is 5.16 Å². The summed E-state index contributed by atoms with van der Waals surface area (Å²) in [6.45, 7) is 0. The Balaban J connectivity index is 1.74. The first-order valence-electron chi connectivity index (χ1n) is 8.90. The van der Waals surface area contributed by atoms with Crippen LogP contribution in [-0.4, -0.2) is 25.6 Å². The number of halogens is 1. The molecule has 5 nitrogen and oxygen atoms in total. The molecule has 0 spiro atoms. The first kappa shape index (κ1) is 18.9. The SMILES string of the molecule is CS(=O)(=O)c1cc(Cl)ccc1Cc1ccccc1C(=O)c1conc1C1CC1. The molecule has 0 atom stereocenters. The van der Waals surface area contributed by atoms with Crippen LogP contribution < -0.4 is 0 Å². The topological polar surface area (TPSA) is 77.2 Å². The summed E-state index contributed by atoms with van der Waals surface area (Å²) in [5.74, 6) is 0.131. The fourth-order valence-corrected chi connectivity index (χ4v) is 4.53. The Morgan fingerprint density at radius 3 is 2.61 bits per heavy atom. The van der Waals surface area contributed by atoms with Gasteiger partial charge in [0.2, 0.25) is 0 Å². The molecular formula is C21H18ClNO4S. The third-order valence-corrected chi connectivity index (χ3v) is 6.29. The van der Waals surface area contributed by atoms with Gasteiger partial charge in [0.25, 0.3) is 0 Å². The maximum absolute atomic E-state index is 13.2. The molecule has 0 bridgehead atoms. The maximum atomic E-state index is 13.2. The van der Waals surface area contributed by atoms with E-state index in [0.29, 0.717) is 33.8 Å². The summed E-state index contributed by atoms with van der Waals surface area (Å²) >= 11 is 5.99. The van der Waals surface area contributed by atoms with Gasteiger partial charge < -0.3 is 4.52 Å². The van der Waals surface area contributed by atoms with Crippen LogP contribution in [0.5, 0.6) is 0 Å². The second-order valence-corrected chi connectivity index (χ2v) is 9.50. The minimum absolute atomic E-state index is 0.159. The van der Waals surface area contributed by atoms with Gasteiger partial charge in [-0.25, -0.2) is 8.42 Å². The molecule has 2 aromatic carbocycles. The van der Waals surface area contributed by atoms with E-state index in [1.54, 1.807) is 24.3 Å². The van der Waals surface area contributed by atoms with Crippen LogP contribution in [0.15, 0.2) is 58.1 Å². The third-order valence-electron chi connectivity index (χ3n) is 4.88. The highest BCUT2D eigenvalue weighted by atomic mass is 35.5. The summed E-state index contributed by atoms with van der Waals surface area (Å²) in [5, 5.41) is 4.36. The first-order chi connectivity index (χ1) is 13.3. The Labute approximate surface area is 168 Å². The van der Waals surface area contributed by atoms with Gasteiger partial charge in [-0.1, -0.05) is 47.1 Å². The van der Waals surface area contributed by atoms with Gasteiger partial charge >= 0.3 is 0 Å². The molecule has 1 aromatic heterocycles. The zero-order chi connectivity index (χ0) is 19.9. The zero-order valence-electron chi connectivity index (χ0n) is 15.2. The highest BCUT2D eigenvalue weighted by Gasteiger charge is 2.32. The van der Waals surface area contributed by atoms with Gasteiger partial charge in [0.05, 0.1) is 16.2 Å². The fourth-order valence-electron chi connectivity index (χ4n) is 3.33. The molecule has 0 saturated heterocycles. The summed E-state index contributed by atoms with van der Waals surface area (Å²) in [5.41, 5.74) is 3.04. The zero-order valence-corrected chi connectivity index (χ0v) is 16.8. The molecule has 0 radical (unpaired) electrons. The normalized spacial score (nSPS) is 14.2. The number of aromatic nitrogens is 1. The number of rotatable bonds is 6. The first-order valence-corrected chi connectivity index (χ1v) is 11.2. The van der Waals surface area contributed by atoms with Crippen molar-refractivity contribution in [3.8, 4) is 0 Å². The van der Waals surface area contributed by atoms with Crippen LogP contribution in [-0.2, 0) is 16.3 Å². The monoisotopic (exact) mass is 415 g/mol. The quantitative estimate of drug-likeness (QED) is 0.556. The molecule has 0 N–H and O–H groups in total. The lowest BCUT2D eigenvalue weighted by molar-refractivity contribution is 0.103. The summed E-state index contributed by atoms with van der Waals surface area (Å²) in [7, 11) is -3.46. The Morgan fingerprint density at radius 2 is 1.89 bits per heavy atom. The van der Waals surface area contributed by atoms with Crippen LogP contribution in [0.1, 0.15) is 51.5 Å². The van der Waals surface area contributed by atoms with Gasteiger partial charge in [-0.2, -0.15) is 0 Å².